The van der Waals surface area contributed by atoms with Gasteiger partial charge >= 0.3 is 5.97 Å². The number of carboxylic acid groups (broad SMARTS) is 1. The van der Waals surface area contributed by atoms with Crippen LogP contribution in [0.3, 0.4) is 0 Å². The summed E-state index contributed by atoms with van der Waals surface area (Å²) in [4.78, 5) is 26.1. The first-order valence-corrected chi connectivity index (χ1v) is 9.28. The molecule has 26 heavy (non-hydrogen) atoms. The van der Waals surface area contributed by atoms with Crippen molar-refractivity contribution in [1.82, 2.24) is 4.90 Å². The highest BCUT2D eigenvalue weighted by atomic mass is 16.4. The Morgan fingerprint density at radius 2 is 1.54 bits per heavy atom. The Balaban J connectivity index is 1.63. The van der Waals surface area contributed by atoms with Gasteiger partial charge in [-0.15, -0.1) is 0 Å². The number of nitrogens with zero attached hydrogens (tertiary/aromatic N) is 1. The second-order valence-electron chi connectivity index (χ2n) is 6.91. The van der Waals surface area contributed by atoms with Gasteiger partial charge in [-0.05, 0) is 54.9 Å². The van der Waals surface area contributed by atoms with Crippen molar-refractivity contribution in [3.8, 4) is 0 Å². The lowest BCUT2D eigenvalue weighted by Gasteiger charge is -2.32. The molecule has 1 heterocycles. The van der Waals surface area contributed by atoms with Gasteiger partial charge in [0.25, 0.3) is 5.91 Å². The predicted molar refractivity (Wildman–Crippen MR) is 102 cm³/mol. The lowest BCUT2D eigenvalue weighted by atomic mass is 9.88. The van der Waals surface area contributed by atoms with Crippen molar-refractivity contribution in [2.75, 3.05) is 13.1 Å². The maximum absolute atomic E-state index is 12.8. The lowest BCUT2D eigenvalue weighted by molar-refractivity contribution is 0.0689. The van der Waals surface area contributed by atoms with Gasteiger partial charge in [0.05, 0.1) is 5.56 Å². The Morgan fingerprint density at radius 1 is 0.962 bits per heavy atom. The maximum Gasteiger partial charge on any atom is 0.335 e. The Morgan fingerprint density at radius 3 is 2.15 bits per heavy atom. The zero-order valence-electron chi connectivity index (χ0n) is 15.1. The summed E-state index contributed by atoms with van der Waals surface area (Å²) in [6.07, 6.45) is 3.43. The molecule has 1 aliphatic rings. The summed E-state index contributed by atoms with van der Waals surface area (Å²) in [6.45, 7) is 3.53. The molecule has 0 atom stereocenters. The minimum atomic E-state index is -0.871. The van der Waals surface area contributed by atoms with Gasteiger partial charge in [0.15, 0.2) is 0 Å². The molecule has 1 N–H and O–H groups in total. The molecule has 4 heteroatoms. The monoisotopic (exact) mass is 351 g/mol. The van der Waals surface area contributed by atoms with E-state index in [1.165, 1.54) is 0 Å². The van der Waals surface area contributed by atoms with E-state index in [2.05, 4.69) is 6.92 Å². The maximum atomic E-state index is 12.8. The molecule has 4 nitrogen and oxygen atoms in total. The number of amides is 1. The van der Waals surface area contributed by atoms with Crippen LogP contribution in [0, 0.1) is 5.92 Å². The summed E-state index contributed by atoms with van der Waals surface area (Å²) in [6, 6.07) is 15.0. The normalized spacial score (nSPS) is 15.0. The number of hydrogen-bond acceptors (Lipinski definition) is 2. The van der Waals surface area contributed by atoms with Gasteiger partial charge in [0.1, 0.15) is 0 Å². The van der Waals surface area contributed by atoms with Crippen LogP contribution < -0.4 is 0 Å². The predicted octanol–water partition coefficient (Wildman–Crippen LogP) is 4.04. The highest BCUT2D eigenvalue weighted by molar-refractivity contribution is 5.95. The zero-order valence-corrected chi connectivity index (χ0v) is 15.1. The van der Waals surface area contributed by atoms with E-state index >= 15 is 0 Å². The molecule has 0 aromatic heterocycles. The minimum Gasteiger partial charge on any atom is -0.478 e. The second-order valence-corrected chi connectivity index (χ2v) is 6.91. The SMILES string of the molecule is CCc1ccccc1C(=O)N1CCC(Cc2ccccc2C(=O)O)CC1. The minimum absolute atomic E-state index is 0.117. The number of carbonyl (C=O) groups excluding carboxylic acids is 1. The van der Waals surface area contributed by atoms with E-state index in [0.717, 1.165) is 55.5 Å². The van der Waals surface area contributed by atoms with Crippen molar-refractivity contribution in [2.45, 2.75) is 32.6 Å². The number of rotatable bonds is 5. The van der Waals surface area contributed by atoms with E-state index in [-0.39, 0.29) is 5.91 Å². The van der Waals surface area contributed by atoms with Crippen molar-refractivity contribution in [3.63, 3.8) is 0 Å². The Hall–Kier alpha value is -2.62. The van der Waals surface area contributed by atoms with E-state index < -0.39 is 5.97 Å². The summed E-state index contributed by atoms with van der Waals surface area (Å²) >= 11 is 0. The van der Waals surface area contributed by atoms with E-state index in [1.807, 2.05) is 41.3 Å². The van der Waals surface area contributed by atoms with Crippen LogP contribution in [-0.4, -0.2) is 35.0 Å². The van der Waals surface area contributed by atoms with Gasteiger partial charge in [0.2, 0.25) is 0 Å². The highest BCUT2D eigenvalue weighted by Gasteiger charge is 2.25. The molecule has 0 bridgehead atoms. The van der Waals surface area contributed by atoms with Crippen LogP contribution in [-0.2, 0) is 12.8 Å². The number of carbonyl (C=O) groups is 2. The molecule has 2 aromatic carbocycles. The zero-order chi connectivity index (χ0) is 18.5. The number of piperidine rings is 1. The molecule has 136 valence electrons. The fourth-order valence-electron chi connectivity index (χ4n) is 3.77. The Bertz CT molecular complexity index is 791. The number of hydrogen-bond donors (Lipinski definition) is 1. The van der Waals surface area contributed by atoms with Gasteiger partial charge in [-0.3, -0.25) is 4.79 Å². The fourth-order valence-corrected chi connectivity index (χ4v) is 3.77. The van der Waals surface area contributed by atoms with Gasteiger partial charge < -0.3 is 10.0 Å². The smallest absolute Gasteiger partial charge is 0.335 e. The van der Waals surface area contributed by atoms with Gasteiger partial charge in [-0.1, -0.05) is 43.3 Å². The Kier molecular flexibility index (Phi) is 5.71. The number of benzene rings is 2. The molecule has 0 radical (unpaired) electrons. The van der Waals surface area contributed by atoms with Crippen LogP contribution in [0.15, 0.2) is 48.5 Å². The first kappa shape index (κ1) is 18.2. The molecule has 2 aromatic rings. The molecule has 0 saturated carbocycles. The molecule has 3 rings (SSSR count). The van der Waals surface area contributed by atoms with Crippen LogP contribution in [0.5, 0.6) is 0 Å². The number of aryl methyl sites for hydroxylation is 1. The van der Waals surface area contributed by atoms with Crippen molar-refractivity contribution in [1.29, 1.82) is 0 Å². The second kappa shape index (κ2) is 8.17. The Labute approximate surface area is 154 Å². The summed E-state index contributed by atoms with van der Waals surface area (Å²) in [5.41, 5.74) is 3.18. The largest absolute Gasteiger partial charge is 0.478 e. The molecule has 1 fully saturated rings. The quantitative estimate of drug-likeness (QED) is 0.884. The molecule has 0 spiro atoms. The van der Waals surface area contributed by atoms with E-state index in [9.17, 15) is 14.7 Å². The van der Waals surface area contributed by atoms with Gasteiger partial charge in [-0.2, -0.15) is 0 Å². The average molecular weight is 351 g/mol. The van der Waals surface area contributed by atoms with Crippen molar-refractivity contribution in [3.05, 3.63) is 70.8 Å². The number of aromatic carboxylic acids is 1. The van der Waals surface area contributed by atoms with Crippen molar-refractivity contribution < 1.29 is 14.7 Å². The van der Waals surface area contributed by atoms with E-state index in [1.54, 1.807) is 12.1 Å². The summed E-state index contributed by atoms with van der Waals surface area (Å²) in [7, 11) is 0. The third-order valence-corrected chi connectivity index (χ3v) is 5.29. The summed E-state index contributed by atoms with van der Waals surface area (Å²) in [5.74, 6) is -0.336. The number of likely N-dealkylation sites (tertiary alicyclic amines) is 1. The summed E-state index contributed by atoms with van der Waals surface area (Å²) < 4.78 is 0. The van der Waals surface area contributed by atoms with Gasteiger partial charge in [-0.25, -0.2) is 4.79 Å². The van der Waals surface area contributed by atoms with Crippen LogP contribution >= 0.6 is 0 Å². The molecule has 0 unspecified atom stereocenters. The highest BCUT2D eigenvalue weighted by Crippen LogP contribution is 2.25. The first-order valence-electron chi connectivity index (χ1n) is 9.28. The molecule has 1 saturated heterocycles. The first-order chi connectivity index (χ1) is 12.6. The average Bonchev–Trinajstić information content (AvgIpc) is 2.68. The molecule has 1 aliphatic heterocycles. The van der Waals surface area contributed by atoms with Crippen LogP contribution in [0.25, 0.3) is 0 Å². The molecular weight excluding hydrogens is 326 g/mol. The van der Waals surface area contributed by atoms with E-state index in [0.29, 0.717) is 11.5 Å². The molecule has 0 aliphatic carbocycles. The fraction of sp³-hybridized carbons (Fsp3) is 0.364. The standard InChI is InChI=1S/C22H25NO3/c1-2-17-7-3-5-9-19(17)21(24)23-13-11-16(12-14-23)15-18-8-4-6-10-20(18)22(25)26/h3-10,16H,2,11-15H2,1H3,(H,25,26). The third-order valence-electron chi connectivity index (χ3n) is 5.29. The van der Waals surface area contributed by atoms with Crippen molar-refractivity contribution >= 4 is 11.9 Å². The van der Waals surface area contributed by atoms with Crippen LogP contribution in [0.1, 0.15) is 51.6 Å². The molecular formula is C22H25NO3. The van der Waals surface area contributed by atoms with Gasteiger partial charge in [0, 0.05) is 18.7 Å². The van der Waals surface area contributed by atoms with E-state index in [4.69, 9.17) is 0 Å². The topological polar surface area (TPSA) is 57.6 Å². The lowest BCUT2D eigenvalue weighted by Crippen LogP contribution is -2.39. The molecule has 1 amide bonds. The third kappa shape index (κ3) is 3.96. The van der Waals surface area contributed by atoms with Crippen LogP contribution in [0.4, 0.5) is 0 Å². The number of carboxylic acids is 1. The van der Waals surface area contributed by atoms with Crippen molar-refractivity contribution in [2.24, 2.45) is 5.92 Å². The van der Waals surface area contributed by atoms with Crippen LogP contribution in [0.2, 0.25) is 0 Å². The summed E-state index contributed by atoms with van der Waals surface area (Å²) in [5, 5.41) is 9.33.